The molecule has 8 aromatic carbocycles. The van der Waals surface area contributed by atoms with Gasteiger partial charge in [-0.3, -0.25) is 0 Å². The molecule has 0 fully saturated rings. The first-order chi connectivity index (χ1) is 56.7. The van der Waals surface area contributed by atoms with E-state index in [1.165, 1.54) is 88.6 Å². The molecule has 16 aromatic rings. The summed E-state index contributed by atoms with van der Waals surface area (Å²) in [6, 6.07) is 54.9. The van der Waals surface area contributed by atoms with Crippen molar-refractivity contribution in [2.45, 2.75) is 219 Å². The van der Waals surface area contributed by atoms with Gasteiger partial charge >= 0.3 is 710 Å². The van der Waals surface area contributed by atoms with Gasteiger partial charge in [0, 0.05) is 0 Å². The van der Waals surface area contributed by atoms with Crippen molar-refractivity contribution in [2.24, 2.45) is 0 Å². The molecule has 32 heteroatoms. The number of rotatable bonds is 8. The zero-order valence-corrected chi connectivity index (χ0v) is 92.1. The van der Waals surface area contributed by atoms with Crippen molar-refractivity contribution in [1.82, 2.24) is 0 Å². The number of aryl methyl sites for hydroxylation is 24. The molecule has 0 bridgehead atoms. The van der Waals surface area contributed by atoms with E-state index in [1.807, 2.05) is 0 Å². The molecular formula is C88H112B4F4N8O8Te8. The van der Waals surface area contributed by atoms with Crippen LogP contribution in [0.25, 0.3) is 71.4 Å². The summed E-state index contributed by atoms with van der Waals surface area (Å²) in [5, 5.41) is 66.4. The number of benzene rings is 8. The SMILES string of the molecule is CC[n+]1c(C)[te]c2ccc(C)cc21.CC[n+]1c(C)[te]c2ccc(C)cc21.CC[n+]1c(C)[te]c2ccc(C)cc21.CC[n+]1c(C)[te]c2ccc(C)cc21.CC[n+]1c(C)[te]c2ccc(C)cc21.CC[n+]1c(C)[te]c2ccc(C)cc21.CC[n+]1c(C)[te]c2ccc(C)cc21.CC[n+]1c(C)[te]c2ccc(C)cc21.[O-]B([O-])F.[O-]B([O-])F.[O-]B([O-])F.[O-]B([O-])F. The third kappa shape index (κ3) is 33.0. The molecule has 0 amide bonds. The smallest absolute Gasteiger partial charge is 0.121 e. The summed E-state index contributed by atoms with van der Waals surface area (Å²) in [7, 11) is -12.7. The summed E-state index contributed by atoms with van der Waals surface area (Å²) >= 11 is -0.290. The number of nitrogens with zero attached hydrogens (tertiary/aromatic N) is 8. The molecule has 0 radical (unpaired) electrons. The van der Waals surface area contributed by atoms with E-state index in [0.29, 0.717) is 0 Å². The van der Waals surface area contributed by atoms with Gasteiger partial charge in [-0.15, -0.1) is 0 Å². The van der Waals surface area contributed by atoms with Gasteiger partial charge in [0.25, 0.3) is 0 Å². The van der Waals surface area contributed by atoms with E-state index in [0.717, 1.165) is 52.4 Å². The van der Waals surface area contributed by atoms with Gasteiger partial charge in [-0.2, -0.15) is 0 Å². The van der Waals surface area contributed by atoms with Crippen LogP contribution < -0.4 is 76.7 Å². The summed E-state index contributed by atoms with van der Waals surface area (Å²) < 4.78 is 85.0. The van der Waals surface area contributed by atoms with Crippen LogP contribution >= 0.6 is 0 Å². The van der Waals surface area contributed by atoms with Crippen LogP contribution in [0.3, 0.4) is 0 Å². The van der Waals surface area contributed by atoms with Crippen LogP contribution in [-0.2, 0) is 52.4 Å². The Balaban J connectivity index is 0.000000238. The van der Waals surface area contributed by atoms with Crippen LogP contribution in [0.2, 0.25) is 0 Å². The van der Waals surface area contributed by atoms with E-state index in [-0.39, 0.29) is 163 Å². The second kappa shape index (κ2) is 53.8. The second-order valence-electron chi connectivity index (χ2n) is 27.8. The maximum Gasteiger partial charge on any atom is 0.121 e. The van der Waals surface area contributed by atoms with Crippen molar-refractivity contribution in [1.29, 1.82) is 0 Å². The molecule has 0 aliphatic rings. The molecule has 8 aromatic heterocycles. The van der Waals surface area contributed by atoms with Crippen molar-refractivity contribution >= 4 is 264 Å². The van der Waals surface area contributed by atoms with Crippen LogP contribution in [-0.4, -0.2) is 193 Å². The Morgan fingerprint density at radius 1 is 0.192 bits per heavy atom. The fourth-order valence-corrected chi connectivity index (χ4v) is 37.9. The topological polar surface area (TPSA) is 216 Å². The summed E-state index contributed by atoms with van der Waals surface area (Å²) in [6.07, 6.45) is 0. The molecule has 8 heterocycles. The van der Waals surface area contributed by atoms with Crippen LogP contribution in [0.4, 0.5) is 17.3 Å². The fraction of sp³-hybridized carbons (Fsp3) is 0.364. The standard InChI is InChI=1S/8C11H14NTe.4BFO2/c8*1-4-12-9(3)13-11-6-5-8(2)7-10(11)12;4*2-1(3)4/h8*5-7H,4H2,1-3H3;;;;/q8*+1;4*-2. The van der Waals surface area contributed by atoms with Gasteiger partial charge in [0.2, 0.25) is 0 Å². The van der Waals surface area contributed by atoms with E-state index in [9.17, 15) is 17.3 Å². The van der Waals surface area contributed by atoms with Crippen LogP contribution in [0.1, 0.15) is 130 Å². The Morgan fingerprint density at radius 2 is 0.275 bits per heavy atom. The van der Waals surface area contributed by atoms with Crippen LogP contribution in [0, 0.1) is 111 Å². The maximum absolute atomic E-state index is 9.89. The summed E-state index contributed by atoms with van der Waals surface area (Å²) in [5.41, 5.74) is 22.8. The van der Waals surface area contributed by atoms with E-state index in [4.69, 9.17) is 40.2 Å². The van der Waals surface area contributed by atoms with E-state index < -0.39 is 29.6 Å². The molecule has 0 unspecified atom stereocenters. The van der Waals surface area contributed by atoms with Gasteiger partial charge in [-0.25, -0.2) is 0 Å². The number of hydrogen-bond donors (Lipinski definition) is 0. The van der Waals surface area contributed by atoms with Gasteiger partial charge in [-0.05, 0) is 0 Å². The normalized spacial score (nSPS) is 10.4. The zero-order valence-electron chi connectivity index (χ0n) is 73.4. The summed E-state index contributed by atoms with van der Waals surface area (Å²) in [5.74, 6) is 0. The minimum Gasteiger partial charge on any atom is -0.867 e. The van der Waals surface area contributed by atoms with Crippen molar-refractivity contribution < 1.29 is 94.0 Å². The van der Waals surface area contributed by atoms with Gasteiger partial charge < -0.3 is 57.5 Å². The Kier molecular flexibility index (Phi) is 48.2. The largest absolute Gasteiger partial charge is 0.867 e. The number of aromatic nitrogens is 8. The predicted octanol–water partition coefficient (Wildman–Crippen LogP) is 5.21. The Morgan fingerprint density at radius 3 is 0.350 bits per heavy atom. The monoisotopic (exact) mass is 2570 g/mol. The quantitative estimate of drug-likeness (QED) is 0.112. The van der Waals surface area contributed by atoms with E-state index in [1.54, 1.807) is 56.9 Å². The molecule has 120 heavy (non-hydrogen) atoms. The van der Waals surface area contributed by atoms with Crippen LogP contribution in [0.5, 0.6) is 0 Å². The third-order valence-corrected chi connectivity index (χ3v) is 43.6. The third-order valence-electron chi connectivity index (χ3n) is 18.9. The Bertz CT molecular complexity index is 4860. The molecule has 0 aliphatic heterocycles. The molecule has 16 rings (SSSR count). The summed E-state index contributed by atoms with van der Waals surface area (Å²) in [6.45, 7) is 62.4. The number of hydrogen-bond acceptors (Lipinski definition) is 8. The fourth-order valence-electron chi connectivity index (χ4n) is 13.6. The first-order valence-electron chi connectivity index (χ1n) is 39.7. The average Bonchev–Trinajstić information content (AvgIpc) is 1.73. The van der Waals surface area contributed by atoms with E-state index >= 15 is 0 Å². The number of fused-ring (bicyclic) bond motifs is 8. The molecule has 0 N–H and O–H groups in total. The summed E-state index contributed by atoms with van der Waals surface area (Å²) in [4.78, 5) is 0. The Labute approximate surface area is 786 Å². The van der Waals surface area contributed by atoms with Gasteiger partial charge in [0.1, 0.15) is 29.6 Å². The maximum atomic E-state index is 9.89. The second-order valence-corrected chi connectivity index (χ2v) is 56.0. The first-order valence-corrected chi connectivity index (χ1v) is 58.3. The molecule has 0 saturated carbocycles. The van der Waals surface area contributed by atoms with Crippen molar-refractivity contribution in [2.75, 3.05) is 0 Å². The van der Waals surface area contributed by atoms with Crippen molar-refractivity contribution in [3.05, 3.63) is 220 Å². The first kappa shape index (κ1) is 108. The molecule has 16 nitrogen and oxygen atoms in total. The van der Waals surface area contributed by atoms with Crippen molar-refractivity contribution in [3.63, 3.8) is 0 Å². The molecule has 0 spiro atoms. The molecule has 0 atom stereocenters. The molecule has 0 aliphatic carbocycles. The zero-order chi connectivity index (χ0) is 89.7. The predicted molar refractivity (Wildman–Crippen MR) is 477 cm³/mol. The average molecular weight is 2550 g/mol. The van der Waals surface area contributed by atoms with Gasteiger partial charge in [0.05, 0.1) is 0 Å². The van der Waals surface area contributed by atoms with Gasteiger partial charge in [-0.1, -0.05) is 0 Å². The minimum atomic E-state index is -3.17. The van der Waals surface area contributed by atoms with Crippen LogP contribution in [0.15, 0.2) is 146 Å². The van der Waals surface area contributed by atoms with Gasteiger partial charge in [0.15, 0.2) is 0 Å². The minimum absolute atomic E-state index is 0.0362. The van der Waals surface area contributed by atoms with Crippen molar-refractivity contribution in [3.8, 4) is 0 Å². The molecule has 0 saturated heterocycles. The molecular weight excluding hydrogens is 2440 g/mol. The van der Waals surface area contributed by atoms with E-state index in [2.05, 4.69) is 348 Å². The Hall–Kier alpha value is -2.90. The number of halogens is 4. The molecule has 640 valence electrons.